The van der Waals surface area contributed by atoms with Gasteiger partial charge in [0, 0.05) is 11.8 Å². The molecule has 1 aliphatic carbocycles. The molecule has 15 heavy (non-hydrogen) atoms. The molecule has 4 heteroatoms. The van der Waals surface area contributed by atoms with Gasteiger partial charge < -0.3 is 4.74 Å². The van der Waals surface area contributed by atoms with Crippen LogP contribution in [0.3, 0.4) is 0 Å². The van der Waals surface area contributed by atoms with Gasteiger partial charge in [-0.15, -0.1) is 0 Å². The first kappa shape index (κ1) is 8.81. The van der Waals surface area contributed by atoms with Crippen molar-refractivity contribution in [2.75, 3.05) is 0 Å². The normalized spacial score (nSPS) is 21.5. The van der Waals surface area contributed by atoms with E-state index >= 15 is 0 Å². The van der Waals surface area contributed by atoms with Gasteiger partial charge in [-0.2, -0.15) is 5.26 Å². The molecule has 0 unspecified atom stereocenters. The third-order valence-electron chi connectivity index (χ3n) is 3.31. The Kier molecular flexibility index (Phi) is 1.77. The maximum Gasteiger partial charge on any atom is 0.232 e. The zero-order valence-corrected chi connectivity index (χ0v) is 8.36. The van der Waals surface area contributed by atoms with E-state index in [1.807, 2.05) is 6.07 Å². The topological polar surface area (TPSA) is 58.8 Å². The summed E-state index contributed by atoms with van der Waals surface area (Å²) in [4.78, 5) is 8.28. The maximum atomic E-state index is 8.78. The highest BCUT2D eigenvalue weighted by atomic mass is 16.5. The van der Waals surface area contributed by atoms with Gasteiger partial charge in [-0.1, -0.05) is 12.8 Å². The molecule has 2 aliphatic rings. The molecule has 1 aromatic rings. The van der Waals surface area contributed by atoms with Crippen LogP contribution in [0.4, 0.5) is 0 Å². The van der Waals surface area contributed by atoms with E-state index in [0.29, 0.717) is 6.61 Å². The number of ether oxygens (including phenoxy) is 1. The van der Waals surface area contributed by atoms with Crippen LogP contribution < -0.4 is 0 Å². The molecule has 76 valence electrons. The summed E-state index contributed by atoms with van der Waals surface area (Å²) in [7, 11) is 0. The van der Waals surface area contributed by atoms with E-state index < -0.39 is 0 Å². The van der Waals surface area contributed by atoms with E-state index in [1.54, 1.807) is 6.20 Å². The van der Waals surface area contributed by atoms with E-state index in [4.69, 9.17) is 10.00 Å². The average molecular weight is 201 g/mol. The van der Waals surface area contributed by atoms with Gasteiger partial charge >= 0.3 is 0 Å². The fraction of sp³-hybridized carbons (Fsp3) is 0.545. The summed E-state index contributed by atoms with van der Waals surface area (Å²) in [5.74, 6) is 0.255. The van der Waals surface area contributed by atoms with Gasteiger partial charge in [0.2, 0.25) is 5.82 Å². The SMILES string of the molecule is N#Cc1ncc2c(n1)C1(CCCC1)OC2. The minimum Gasteiger partial charge on any atom is -0.364 e. The van der Waals surface area contributed by atoms with E-state index in [2.05, 4.69) is 9.97 Å². The largest absolute Gasteiger partial charge is 0.364 e. The fourth-order valence-corrected chi connectivity index (χ4v) is 2.57. The Labute approximate surface area is 87.9 Å². The number of hydrogen-bond acceptors (Lipinski definition) is 4. The first-order valence-corrected chi connectivity index (χ1v) is 5.24. The summed E-state index contributed by atoms with van der Waals surface area (Å²) in [6, 6.07) is 1.99. The van der Waals surface area contributed by atoms with Crippen LogP contribution in [0.1, 0.15) is 42.8 Å². The van der Waals surface area contributed by atoms with Crippen molar-refractivity contribution in [1.82, 2.24) is 9.97 Å². The Morgan fingerprint density at radius 2 is 2.20 bits per heavy atom. The minimum absolute atomic E-state index is 0.191. The molecular weight excluding hydrogens is 190 g/mol. The fourth-order valence-electron chi connectivity index (χ4n) is 2.57. The van der Waals surface area contributed by atoms with Crippen LogP contribution >= 0.6 is 0 Å². The zero-order valence-electron chi connectivity index (χ0n) is 8.36. The first-order chi connectivity index (χ1) is 7.34. The third-order valence-corrected chi connectivity index (χ3v) is 3.31. The number of rotatable bonds is 0. The summed E-state index contributed by atoms with van der Waals surface area (Å²) < 4.78 is 5.86. The molecule has 0 amide bonds. The van der Waals surface area contributed by atoms with Crippen LogP contribution in [0.25, 0.3) is 0 Å². The van der Waals surface area contributed by atoms with Crippen molar-refractivity contribution >= 4 is 0 Å². The lowest BCUT2D eigenvalue weighted by atomic mass is 9.97. The Balaban J connectivity index is 2.12. The van der Waals surface area contributed by atoms with Crippen LogP contribution in [0, 0.1) is 11.3 Å². The van der Waals surface area contributed by atoms with Crippen LogP contribution in [0.5, 0.6) is 0 Å². The molecule has 1 aliphatic heterocycles. The highest BCUT2D eigenvalue weighted by Crippen LogP contribution is 2.46. The van der Waals surface area contributed by atoms with Gasteiger partial charge in [0.05, 0.1) is 12.3 Å². The zero-order chi connectivity index (χ0) is 10.3. The first-order valence-electron chi connectivity index (χ1n) is 5.24. The molecule has 1 fully saturated rings. The van der Waals surface area contributed by atoms with Crippen molar-refractivity contribution in [3.05, 3.63) is 23.3 Å². The predicted molar refractivity (Wildman–Crippen MR) is 51.7 cm³/mol. The van der Waals surface area contributed by atoms with Crippen LogP contribution in [-0.2, 0) is 16.9 Å². The monoisotopic (exact) mass is 201 g/mol. The summed E-state index contributed by atoms with van der Waals surface area (Å²) >= 11 is 0. The Morgan fingerprint density at radius 1 is 1.40 bits per heavy atom. The van der Waals surface area contributed by atoms with Crippen molar-refractivity contribution < 1.29 is 4.74 Å². The van der Waals surface area contributed by atoms with E-state index in [-0.39, 0.29) is 11.4 Å². The smallest absolute Gasteiger partial charge is 0.232 e. The lowest BCUT2D eigenvalue weighted by Crippen LogP contribution is -2.22. The molecule has 1 aromatic heterocycles. The Hall–Kier alpha value is -1.47. The molecular formula is C11H11N3O. The van der Waals surface area contributed by atoms with Crippen LogP contribution in [-0.4, -0.2) is 9.97 Å². The summed E-state index contributed by atoms with van der Waals surface area (Å²) in [6.07, 6.45) is 6.16. The average Bonchev–Trinajstić information content (AvgIpc) is 2.89. The van der Waals surface area contributed by atoms with Gasteiger partial charge in [0.1, 0.15) is 11.7 Å². The second-order valence-corrected chi connectivity index (χ2v) is 4.17. The van der Waals surface area contributed by atoms with Gasteiger partial charge in [-0.3, -0.25) is 0 Å². The van der Waals surface area contributed by atoms with Gasteiger partial charge in [-0.25, -0.2) is 9.97 Å². The van der Waals surface area contributed by atoms with Gasteiger partial charge in [0.15, 0.2) is 0 Å². The van der Waals surface area contributed by atoms with E-state index in [9.17, 15) is 0 Å². The molecule has 0 radical (unpaired) electrons. The van der Waals surface area contributed by atoms with Crippen LogP contribution in [0.15, 0.2) is 6.20 Å². The second-order valence-electron chi connectivity index (χ2n) is 4.17. The molecule has 0 aromatic carbocycles. The van der Waals surface area contributed by atoms with Crippen molar-refractivity contribution in [3.63, 3.8) is 0 Å². The molecule has 0 atom stereocenters. The van der Waals surface area contributed by atoms with Crippen molar-refractivity contribution in [2.45, 2.75) is 37.9 Å². The van der Waals surface area contributed by atoms with Crippen molar-refractivity contribution in [1.29, 1.82) is 5.26 Å². The molecule has 2 heterocycles. The van der Waals surface area contributed by atoms with Crippen molar-refractivity contribution in [3.8, 4) is 6.07 Å². The Morgan fingerprint density at radius 3 is 2.93 bits per heavy atom. The second kappa shape index (κ2) is 3.01. The third kappa shape index (κ3) is 1.17. The van der Waals surface area contributed by atoms with Crippen LogP contribution in [0.2, 0.25) is 0 Å². The molecule has 1 spiro atoms. The summed E-state index contributed by atoms with van der Waals surface area (Å²) in [5, 5.41) is 8.78. The van der Waals surface area contributed by atoms with E-state index in [0.717, 1.165) is 24.1 Å². The number of aromatic nitrogens is 2. The van der Waals surface area contributed by atoms with Gasteiger partial charge in [0.25, 0.3) is 0 Å². The predicted octanol–water partition coefficient (Wildman–Crippen LogP) is 1.65. The molecule has 0 saturated heterocycles. The number of nitriles is 1. The molecule has 0 N–H and O–H groups in total. The van der Waals surface area contributed by atoms with Crippen molar-refractivity contribution in [2.24, 2.45) is 0 Å². The molecule has 4 nitrogen and oxygen atoms in total. The minimum atomic E-state index is -0.191. The molecule has 1 saturated carbocycles. The summed E-state index contributed by atoms with van der Waals surface area (Å²) in [5.41, 5.74) is 1.83. The number of hydrogen-bond donors (Lipinski definition) is 0. The maximum absolute atomic E-state index is 8.78. The Bertz CT molecular complexity index is 444. The highest BCUT2D eigenvalue weighted by Gasteiger charge is 2.44. The quantitative estimate of drug-likeness (QED) is 0.640. The summed E-state index contributed by atoms with van der Waals surface area (Å²) in [6.45, 7) is 0.598. The highest BCUT2D eigenvalue weighted by molar-refractivity contribution is 5.30. The standard InChI is InChI=1S/C11H11N3O/c12-5-9-13-6-8-7-15-11(10(8)14-9)3-1-2-4-11/h6H,1-4,7H2. The van der Waals surface area contributed by atoms with E-state index in [1.165, 1.54) is 12.8 Å². The molecule has 3 rings (SSSR count). The molecule has 0 bridgehead atoms. The number of nitrogens with zero attached hydrogens (tertiary/aromatic N) is 3. The lowest BCUT2D eigenvalue weighted by molar-refractivity contribution is -0.0347. The number of fused-ring (bicyclic) bond motifs is 2. The lowest BCUT2D eigenvalue weighted by Gasteiger charge is -2.21. The van der Waals surface area contributed by atoms with Gasteiger partial charge in [-0.05, 0) is 12.8 Å².